The van der Waals surface area contributed by atoms with Crippen LogP contribution in [0.2, 0.25) is 0 Å². The number of aliphatic hydroxyl groups excluding tert-OH is 1. The maximum absolute atomic E-state index is 13.3. The standard InChI is InChI=1S/C13H19FN2O2S/c1-8-4-5-10(6-11(8)14)16-13(18)15-9(2)12(7-17)19-3/h4-6,9,12,17H,7H2,1-3H3,(H2,15,16,18). The number of amides is 2. The molecule has 0 spiro atoms. The van der Waals surface area contributed by atoms with Crippen molar-refractivity contribution in [2.45, 2.75) is 25.1 Å². The van der Waals surface area contributed by atoms with Gasteiger partial charge in [-0.15, -0.1) is 0 Å². The molecule has 0 saturated heterocycles. The van der Waals surface area contributed by atoms with Crippen LogP contribution in [0.5, 0.6) is 0 Å². The van der Waals surface area contributed by atoms with Crippen molar-refractivity contribution in [3.8, 4) is 0 Å². The second-order valence-corrected chi connectivity index (χ2v) is 5.38. The fourth-order valence-electron chi connectivity index (χ4n) is 1.57. The molecule has 106 valence electrons. The SMILES string of the molecule is CSC(CO)C(C)NC(=O)Nc1ccc(C)c(F)c1. The van der Waals surface area contributed by atoms with Crippen LogP contribution in [0.4, 0.5) is 14.9 Å². The number of thioether (sulfide) groups is 1. The van der Waals surface area contributed by atoms with Gasteiger partial charge < -0.3 is 15.7 Å². The molecule has 0 aromatic heterocycles. The summed E-state index contributed by atoms with van der Waals surface area (Å²) in [5, 5.41) is 14.3. The molecule has 2 unspecified atom stereocenters. The number of rotatable bonds is 5. The van der Waals surface area contributed by atoms with E-state index in [0.717, 1.165) is 0 Å². The molecule has 0 radical (unpaired) electrons. The molecular formula is C13H19FN2O2S. The Morgan fingerprint density at radius 2 is 2.21 bits per heavy atom. The number of carbonyl (C=O) groups is 1. The second kappa shape index (κ2) is 7.35. The molecule has 0 aliphatic carbocycles. The van der Waals surface area contributed by atoms with Gasteiger partial charge in [0.25, 0.3) is 0 Å². The zero-order chi connectivity index (χ0) is 14.4. The highest BCUT2D eigenvalue weighted by Crippen LogP contribution is 2.14. The molecule has 3 N–H and O–H groups in total. The van der Waals surface area contributed by atoms with Crippen molar-refractivity contribution in [3.05, 3.63) is 29.6 Å². The van der Waals surface area contributed by atoms with Crippen molar-refractivity contribution < 1.29 is 14.3 Å². The number of nitrogens with one attached hydrogen (secondary N) is 2. The topological polar surface area (TPSA) is 61.4 Å². The van der Waals surface area contributed by atoms with Gasteiger partial charge in [-0.2, -0.15) is 11.8 Å². The smallest absolute Gasteiger partial charge is 0.319 e. The monoisotopic (exact) mass is 286 g/mol. The average molecular weight is 286 g/mol. The fourth-order valence-corrected chi connectivity index (χ4v) is 2.20. The zero-order valence-electron chi connectivity index (χ0n) is 11.2. The van der Waals surface area contributed by atoms with E-state index >= 15 is 0 Å². The number of aryl methyl sites for hydroxylation is 1. The maximum Gasteiger partial charge on any atom is 0.319 e. The summed E-state index contributed by atoms with van der Waals surface area (Å²) >= 11 is 1.48. The number of urea groups is 1. The van der Waals surface area contributed by atoms with Crippen LogP contribution in [-0.4, -0.2) is 35.3 Å². The lowest BCUT2D eigenvalue weighted by Crippen LogP contribution is -2.43. The van der Waals surface area contributed by atoms with Crippen LogP contribution in [0, 0.1) is 12.7 Å². The molecule has 1 aromatic rings. The molecule has 1 aromatic carbocycles. The summed E-state index contributed by atoms with van der Waals surface area (Å²) in [4.78, 5) is 11.7. The van der Waals surface area contributed by atoms with Crippen molar-refractivity contribution in [1.82, 2.24) is 5.32 Å². The maximum atomic E-state index is 13.3. The van der Waals surface area contributed by atoms with Gasteiger partial charge in [0, 0.05) is 17.0 Å². The Labute approximate surface area is 116 Å². The lowest BCUT2D eigenvalue weighted by atomic mass is 10.2. The Balaban J connectivity index is 2.57. The van der Waals surface area contributed by atoms with Crippen molar-refractivity contribution >= 4 is 23.5 Å². The van der Waals surface area contributed by atoms with E-state index < -0.39 is 6.03 Å². The predicted octanol–water partition coefficient (Wildman–Crippen LogP) is 2.37. The Kier molecular flexibility index (Phi) is 6.11. The molecular weight excluding hydrogens is 267 g/mol. The predicted molar refractivity (Wildman–Crippen MR) is 77.1 cm³/mol. The van der Waals surface area contributed by atoms with E-state index in [-0.39, 0.29) is 23.7 Å². The minimum absolute atomic E-state index is 0.0121. The van der Waals surface area contributed by atoms with Gasteiger partial charge in [0.15, 0.2) is 0 Å². The number of halogens is 1. The van der Waals surface area contributed by atoms with Crippen molar-refractivity contribution in [3.63, 3.8) is 0 Å². The third-order valence-electron chi connectivity index (χ3n) is 2.83. The van der Waals surface area contributed by atoms with E-state index in [0.29, 0.717) is 11.3 Å². The minimum Gasteiger partial charge on any atom is -0.395 e. The molecule has 0 aliphatic heterocycles. The lowest BCUT2D eigenvalue weighted by Gasteiger charge is -2.21. The largest absolute Gasteiger partial charge is 0.395 e. The molecule has 2 amide bonds. The van der Waals surface area contributed by atoms with Crippen LogP contribution < -0.4 is 10.6 Å². The first-order chi connectivity index (χ1) is 8.97. The van der Waals surface area contributed by atoms with Gasteiger partial charge in [-0.25, -0.2) is 9.18 Å². The second-order valence-electron chi connectivity index (χ2n) is 4.31. The molecule has 4 nitrogen and oxygen atoms in total. The molecule has 19 heavy (non-hydrogen) atoms. The third-order valence-corrected chi connectivity index (χ3v) is 3.99. The highest BCUT2D eigenvalue weighted by atomic mass is 32.2. The molecule has 0 saturated carbocycles. The Hall–Kier alpha value is -1.27. The first-order valence-corrected chi connectivity index (χ1v) is 7.24. The highest BCUT2D eigenvalue weighted by Gasteiger charge is 2.17. The van der Waals surface area contributed by atoms with Gasteiger partial charge in [-0.05, 0) is 37.8 Å². The number of hydrogen-bond acceptors (Lipinski definition) is 3. The third kappa shape index (κ3) is 4.72. The highest BCUT2D eigenvalue weighted by molar-refractivity contribution is 7.99. The van der Waals surface area contributed by atoms with E-state index in [4.69, 9.17) is 5.11 Å². The molecule has 1 rings (SSSR count). The fraction of sp³-hybridized carbons (Fsp3) is 0.462. The van der Waals surface area contributed by atoms with Crippen LogP contribution >= 0.6 is 11.8 Å². The summed E-state index contributed by atoms with van der Waals surface area (Å²) < 4.78 is 13.3. The normalized spacial score (nSPS) is 13.7. The summed E-state index contributed by atoms with van der Waals surface area (Å²) in [6.45, 7) is 3.46. The molecule has 0 aliphatic rings. The number of benzene rings is 1. The minimum atomic E-state index is -0.414. The molecule has 6 heteroatoms. The van der Waals surface area contributed by atoms with Crippen LogP contribution in [0.15, 0.2) is 18.2 Å². The van der Waals surface area contributed by atoms with Gasteiger partial charge in [-0.3, -0.25) is 0 Å². The van der Waals surface area contributed by atoms with E-state index in [1.807, 2.05) is 13.2 Å². The van der Waals surface area contributed by atoms with E-state index in [1.165, 1.54) is 17.8 Å². The number of carbonyl (C=O) groups excluding carboxylic acids is 1. The Morgan fingerprint density at radius 1 is 1.53 bits per heavy atom. The van der Waals surface area contributed by atoms with Crippen molar-refractivity contribution in [2.75, 3.05) is 18.2 Å². The van der Waals surface area contributed by atoms with Crippen LogP contribution in [-0.2, 0) is 0 Å². The van der Waals surface area contributed by atoms with E-state index in [9.17, 15) is 9.18 Å². The average Bonchev–Trinajstić information content (AvgIpc) is 2.35. The van der Waals surface area contributed by atoms with Crippen LogP contribution in [0.25, 0.3) is 0 Å². The van der Waals surface area contributed by atoms with Gasteiger partial charge >= 0.3 is 6.03 Å². The molecule has 0 heterocycles. The summed E-state index contributed by atoms with van der Waals surface area (Å²) in [5.41, 5.74) is 0.930. The quantitative estimate of drug-likeness (QED) is 0.779. The van der Waals surface area contributed by atoms with Gasteiger partial charge in [-0.1, -0.05) is 6.07 Å². The first kappa shape index (κ1) is 15.8. The van der Waals surface area contributed by atoms with Crippen LogP contribution in [0.1, 0.15) is 12.5 Å². The Bertz CT molecular complexity index is 439. The van der Waals surface area contributed by atoms with Crippen LogP contribution in [0.3, 0.4) is 0 Å². The zero-order valence-corrected chi connectivity index (χ0v) is 12.1. The summed E-state index contributed by atoms with van der Waals surface area (Å²) in [7, 11) is 0. The summed E-state index contributed by atoms with van der Waals surface area (Å²) in [6.07, 6.45) is 1.87. The van der Waals surface area contributed by atoms with E-state index in [1.54, 1.807) is 19.1 Å². The number of anilines is 1. The van der Waals surface area contributed by atoms with Crippen molar-refractivity contribution in [1.29, 1.82) is 0 Å². The van der Waals surface area contributed by atoms with E-state index in [2.05, 4.69) is 10.6 Å². The lowest BCUT2D eigenvalue weighted by molar-refractivity contribution is 0.243. The molecule has 0 bridgehead atoms. The molecule has 2 atom stereocenters. The van der Waals surface area contributed by atoms with Gasteiger partial charge in [0.05, 0.1) is 6.61 Å². The van der Waals surface area contributed by atoms with Gasteiger partial charge in [0.1, 0.15) is 5.82 Å². The summed E-state index contributed by atoms with van der Waals surface area (Å²) in [6, 6.07) is 3.92. The number of aliphatic hydroxyl groups is 1. The first-order valence-electron chi connectivity index (χ1n) is 5.95. The molecule has 0 fully saturated rings. The van der Waals surface area contributed by atoms with Gasteiger partial charge in [0.2, 0.25) is 0 Å². The van der Waals surface area contributed by atoms with Crippen molar-refractivity contribution in [2.24, 2.45) is 0 Å². The Morgan fingerprint density at radius 3 is 2.74 bits per heavy atom. The summed E-state index contributed by atoms with van der Waals surface area (Å²) in [5.74, 6) is -0.358. The number of hydrogen-bond donors (Lipinski definition) is 3.